The maximum Gasteiger partial charge on any atom is 0.326 e. The number of nitro groups is 1. The Labute approximate surface area is 191 Å². The number of nitro benzene ring substituents is 1. The van der Waals surface area contributed by atoms with Crippen LogP contribution in [0.25, 0.3) is 0 Å². The van der Waals surface area contributed by atoms with Crippen LogP contribution >= 0.6 is 0 Å². The van der Waals surface area contributed by atoms with Crippen LogP contribution < -0.4 is 21.3 Å². The van der Waals surface area contributed by atoms with Gasteiger partial charge in [-0.05, 0) is 38.6 Å². The van der Waals surface area contributed by atoms with E-state index in [4.69, 9.17) is 5.73 Å². The Kier molecular flexibility index (Phi) is 10.0. The number of aliphatic carboxylic acids is 1. The molecule has 1 aromatic rings. The third kappa shape index (κ3) is 6.64. The summed E-state index contributed by atoms with van der Waals surface area (Å²) in [7, 11) is 1.34. The molecule has 0 unspecified atom stereocenters. The molecule has 0 amide bonds. The number of aliphatic hydroxyl groups excluding tert-OH is 1. The number of nitrogens with one attached hydrogen (secondary N) is 2. The van der Waals surface area contributed by atoms with Gasteiger partial charge in [0.1, 0.15) is 11.7 Å². The number of aliphatic hydroxyl groups is 1. The molecule has 0 radical (unpaired) electrons. The Balaban J connectivity index is 2.63. The number of hydrogen-bond acceptors (Lipinski definition) is 8. The fraction of sp³-hybridized carbons (Fsp3) is 0.667. The van der Waals surface area contributed by atoms with E-state index in [1.165, 1.54) is 7.05 Å². The molecule has 10 nitrogen and oxygen atoms in total. The highest BCUT2D eigenvalue weighted by molar-refractivity contribution is 5.87. The number of halogens is 2. The van der Waals surface area contributed by atoms with Gasteiger partial charge >= 0.3 is 11.7 Å². The third-order valence-electron chi connectivity index (χ3n) is 5.85. The second kappa shape index (κ2) is 12.5. The fourth-order valence-corrected chi connectivity index (χ4v) is 4.08. The van der Waals surface area contributed by atoms with Crippen molar-refractivity contribution in [2.24, 2.45) is 5.73 Å². The lowest BCUT2D eigenvalue weighted by molar-refractivity contribution is -0.383. The van der Waals surface area contributed by atoms with Crippen LogP contribution in [-0.2, 0) is 4.79 Å². The number of nitrogens with zero attached hydrogens (tertiary/aromatic N) is 2. The number of benzene rings is 1. The van der Waals surface area contributed by atoms with Gasteiger partial charge in [-0.1, -0.05) is 19.3 Å². The molecule has 1 saturated carbocycles. The molecule has 186 valence electrons. The molecule has 12 heteroatoms. The zero-order valence-corrected chi connectivity index (χ0v) is 18.8. The average molecular weight is 474 g/mol. The van der Waals surface area contributed by atoms with E-state index < -0.39 is 57.9 Å². The highest BCUT2D eigenvalue weighted by Crippen LogP contribution is 2.45. The molecule has 1 aliphatic carbocycles. The molecule has 0 aromatic heterocycles. The Morgan fingerprint density at radius 2 is 1.88 bits per heavy atom. The van der Waals surface area contributed by atoms with Crippen LogP contribution in [0.3, 0.4) is 0 Å². The summed E-state index contributed by atoms with van der Waals surface area (Å²) in [4.78, 5) is 23.9. The molecule has 2 rings (SSSR count). The Bertz CT molecular complexity index is 836. The van der Waals surface area contributed by atoms with Crippen molar-refractivity contribution in [2.45, 2.75) is 63.5 Å². The second-order valence-corrected chi connectivity index (χ2v) is 8.28. The molecule has 0 heterocycles. The van der Waals surface area contributed by atoms with E-state index >= 15 is 8.78 Å². The summed E-state index contributed by atoms with van der Waals surface area (Å²) in [6.45, 7) is -0.201. The molecule has 1 aromatic carbocycles. The predicted octanol–water partition coefficient (Wildman–Crippen LogP) is 3.04. The molecule has 0 saturated heterocycles. The van der Waals surface area contributed by atoms with Crippen LogP contribution in [0.1, 0.15) is 51.4 Å². The van der Waals surface area contributed by atoms with Crippen LogP contribution in [-0.4, -0.2) is 59.9 Å². The molecule has 0 spiro atoms. The van der Waals surface area contributed by atoms with E-state index in [9.17, 15) is 25.1 Å². The van der Waals surface area contributed by atoms with E-state index in [1.807, 2.05) is 0 Å². The maximum atomic E-state index is 15.5. The monoisotopic (exact) mass is 473 g/mol. The first-order valence-electron chi connectivity index (χ1n) is 11.2. The number of carbonyl (C=O) groups is 1. The number of carboxylic acids is 1. The van der Waals surface area contributed by atoms with Crippen molar-refractivity contribution in [1.29, 1.82) is 0 Å². The van der Waals surface area contributed by atoms with Crippen molar-refractivity contribution in [3.63, 3.8) is 0 Å². The van der Waals surface area contributed by atoms with Crippen molar-refractivity contribution in [1.82, 2.24) is 0 Å². The summed E-state index contributed by atoms with van der Waals surface area (Å²) in [6.07, 6.45) is 5.09. The SMILES string of the molecule is CN(CCO)c1c(F)c(NC2CCCCC2)c([N+](=O)[O-])c(N[C@@H](CCCCN)C(=O)O)c1F. The van der Waals surface area contributed by atoms with Gasteiger partial charge in [0.05, 0.1) is 11.5 Å². The van der Waals surface area contributed by atoms with Gasteiger partial charge in [-0.15, -0.1) is 0 Å². The van der Waals surface area contributed by atoms with Gasteiger partial charge in [0, 0.05) is 19.6 Å². The number of unbranched alkanes of at least 4 members (excludes halogenated alkanes) is 1. The largest absolute Gasteiger partial charge is 0.480 e. The standard InChI is InChI=1S/C21H33F2N5O5/c1-27(11-12-29)19-15(22)17(25-13-7-3-2-4-8-13)20(28(32)33)18(16(19)23)26-14(21(30)31)9-5-6-10-24/h13-14,25-26,29H,2-12,24H2,1H3,(H,30,31)/t14-/m0/s1. The molecule has 6 N–H and O–H groups in total. The normalized spacial score (nSPS) is 15.2. The molecule has 33 heavy (non-hydrogen) atoms. The van der Waals surface area contributed by atoms with E-state index in [0.29, 0.717) is 32.2 Å². The van der Waals surface area contributed by atoms with Gasteiger partial charge in [-0.25, -0.2) is 13.6 Å². The first kappa shape index (κ1) is 26.5. The summed E-state index contributed by atoms with van der Waals surface area (Å²) in [5.74, 6) is -3.76. The van der Waals surface area contributed by atoms with Crippen LogP contribution in [0.15, 0.2) is 0 Å². The lowest BCUT2D eigenvalue weighted by Gasteiger charge is -2.28. The molecular formula is C21H33F2N5O5. The maximum absolute atomic E-state index is 15.5. The lowest BCUT2D eigenvalue weighted by Crippen LogP contribution is -2.32. The quantitative estimate of drug-likeness (QED) is 0.165. The predicted molar refractivity (Wildman–Crippen MR) is 122 cm³/mol. The molecule has 1 fully saturated rings. The van der Waals surface area contributed by atoms with Crippen molar-refractivity contribution in [3.05, 3.63) is 21.7 Å². The minimum absolute atomic E-state index is 0.0493. The van der Waals surface area contributed by atoms with Crippen LogP contribution in [0, 0.1) is 21.7 Å². The summed E-state index contributed by atoms with van der Waals surface area (Å²) in [5.41, 5.74) is 2.81. The zero-order chi connectivity index (χ0) is 24.5. The van der Waals surface area contributed by atoms with Crippen LogP contribution in [0.2, 0.25) is 0 Å². The van der Waals surface area contributed by atoms with Gasteiger partial charge in [0.2, 0.25) is 0 Å². The van der Waals surface area contributed by atoms with Gasteiger partial charge in [-0.2, -0.15) is 0 Å². The summed E-state index contributed by atoms with van der Waals surface area (Å²) >= 11 is 0. The topological polar surface area (TPSA) is 154 Å². The minimum Gasteiger partial charge on any atom is -0.480 e. The minimum atomic E-state index is -1.34. The molecule has 0 bridgehead atoms. The van der Waals surface area contributed by atoms with Gasteiger partial charge in [0.15, 0.2) is 23.0 Å². The van der Waals surface area contributed by atoms with E-state index in [-0.39, 0.29) is 19.0 Å². The smallest absolute Gasteiger partial charge is 0.326 e. The van der Waals surface area contributed by atoms with Gasteiger partial charge in [-0.3, -0.25) is 10.1 Å². The zero-order valence-electron chi connectivity index (χ0n) is 18.8. The third-order valence-corrected chi connectivity index (χ3v) is 5.85. The van der Waals surface area contributed by atoms with Crippen molar-refractivity contribution in [3.8, 4) is 0 Å². The second-order valence-electron chi connectivity index (χ2n) is 8.28. The highest BCUT2D eigenvalue weighted by Gasteiger charge is 2.36. The molecular weight excluding hydrogens is 440 g/mol. The average Bonchev–Trinajstić information content (AvgIpc) is 2.76. The number of hydrogen-bond donors (Lipinski definition) is 5. The van der Waals surface area contributed by atoms with Crippen LogP contribution in [0.4, 0.5) is 31.5 Å². The number of rotatable bonds is 13. The first-order valence-corrected chi connectivity index (χ1v) is 11.2. The summed E-state index contributed by atoms with van der Waals surface area (Å²) in [5, 5.41) is 36.1. The highest BCUT2D eigenvalue weighted by atomic mass is 19.1. The van der Waals surface area contributed by atoms with Crippen molar-refractivity contribution >= 4 is 28.7 Å². The fourth-order valence-electron chi connectivity index (χ4n) is 4.08. The van der Waals surface area contributed by atoms with E-state index in [0.717, 1.165) is 24.2 Å². The Hall–Kier alpha value is -2.73. The Morgan fingerprint density at radius 3 is 2.42 bits per heavy atom. The number of nitrogens with two attached hydrogens (primary N) is 1. The van der Waals surface area contributed by atoms with E-state index in [1.54, 1.807) is 0 Å². The number of carboxylic acid groups (broad SMARTS) is 1. The number of likely N-dealkylation sites (N-methyl/N-ethyl adjacent to an activating group) is 1. The summed E-state index contributed by atoms with van der Waals surface area (Å²) in [6, 6.07) is -1.57. The van der Waals surface area contributed by atoms with Crippen molar-refractivity contribution < 1.29 is 28.7 Å². The first-order chi connectivity index (χ1) is 15.7. The van der Waals surface area contributed by atoms with Gasteiger partial charge < -0.3 is 31.5 Å². The number of anilines is 3. The molecule has 1 aliphatic rings. The van der Waals surface area contributed by atoms with Crippen LogP contribution in [0.5, 0.6) is 0 Å². The van der Waals surface area contributed by atoms with E-state index in [2.05, 4.69) is 10.6 Å². The Morgan fingerprint density at radius 1 is 1.24 bits per heavy atom. The van der Waals surface area contributed by atoms with Crippen molar-refractivity contribution in [2.75, 3.05) is 42.3 Å². The molecule has 1 atom stereocenters. The van der Waals surface area contributed by atoms with Gasteiger partial charge in [0.25, 0.3) is 0 Å². The summed E-state index contributed by atoms with van der Waals surface area (Å²) < 4.78 is 31.0. The molecule has 0 aliphatic heterocycles. The lowest BCUT2D eigenvalue weighted by atomic mass is 9.95.